The number of nitrogens with two attached hydrogens (primary N) is 1. The predicted octanol–water partition coefficient (Wildman–Crippen LogP) is 0.153. The highest BCUT2D eigenvalue weighted by Gasteiger charge is 2.38. The Morgan fingerprint density at radius 3 is 2.42 bits per heavy atom. The number of hydrogen-bond acceptors (Lipinski definition) is 7. The number of hydrogen-bond donors (Lipinski definition) is 2. The Morgan fingerprint density at radius 1 is 1.17 bits per heavy atom. The third-order valence-electron chi connectivity index (χ3n) is 6.41. The van der Waals surface area contributed by atoms with E-state index in [9.17, 15) is 22.8 Å². The number of primary amides is 1. The van der Waals surface area contributed by atoms with Crippen LogP contribution in [0.3, 0.4) is 0 Å². The van der Waals surface area contributed by atoms with Gasteiger partial charge < -0.3 is 19.9 Å². The van der Waals surface area contributed by atoms with Gasteiger partial charge in [-0.05, 0) is 25.0 Å². The van der Waals surface area contributed by atoms with Crippen molar-refractivity contribution in [2.24, 2.45) is 12.8 Å². The van der Waals surface area contributed by atoms with Crippen molar-refractivity contribution < 1.29 is 22.7 Å². The van der Waals surface area contributed by atoms with E-state index in [0.29, 0.717) is 32.2 Å². The highest BCUT2D eigenvalue weighted by molar-refractivity contribution is 7.89. The molecule has 1 aliphatic heterocycles. The molecular weight excluding hydrogens is 510 g/mol. The molecule has 13 heteroatoms. The van der Waals surface area contributed by atoms with Crippen molar-refractivity contribution in [3.63, 3.8) is 0 Å². The lowest BCUT2D eigenvalue weighted by Gasteiger charge is -2.36. The number of nitrogens with zero attached hydrogens (tertiary/aromatic N) is 3. The van der Waals surface area contributed by atoms with Crippen LogP contribution in [-0.4, -0.2) is 80.0 Å². The standard InChI is InChI=1S/C23H28ClN5O6S/c1-27-13-14(24)12-17(22(27)31)16-4-3-5-18(20(16)35-2)36(33,34)26-19(21(25)30)23(32)29-10-8-28(9-11-29)15-6-7-15/h3-5,12-13,15,19,26H,6-11H2,1-2H3,(H2,25,30)/t19-/m0/s1. The van der Waals surface area contributed by atoms with Gasteiger partial charge in [-0.25, -0.2) is 8.42 Å². The summed E-state index contributed by atoms with van der Waals surface area (Å²) in [5, 5.41) is 0.265. The fraction of sp³-hybridized carbons (Fsp3) is 0.435. The Kier molecular flexibility index (Phi) is 7.41. The number of amides is 2. The summed E-state index contributed by atoms with van der Waals surface area (Å²) < 4.78 is 35.6. The van der Waals surface area contributed by atoms with Gasteiger partial charge in [0, 0.05) is 51.0 Å². The Bertz CT molecular complexity index is 1350. The number of halogens is 1. The van der Waals surface area contributed by atoms with Crippen LogP contribution >= 0.6 is 11.6 Å². The number of rotatable bonds is 8. The number of ether oxygens (including phenoxy) is 1. The molecule has 2 aliphatic rings. The van der Waals surface area contributed by atoms with Gasteiger partial charge in [0.15, 0.2) is 6.04 Å². The van der Waals surface area contributed by atoms with E-state index in [0.717, 1.165) is 12.8 Å². The number of nitrogens with one attached hydrogen (secondary N) is 1. The van der Waals surface area contributed by atoms with E-state index in [1.807, 2.05) is 0 Å². The van der Waals surface area contributed by atoms with Gasteiger partial charge in [-0.15, -0.1) is 0 Å². The third kappa shape index (κ3) is 5.26. The summed E-state index contributed by atoms with van der Waals surface area (Å²) in [7, 11) is -1.72. The zero-order chi connectivity index (χ0) is 26.2. The lowest BCUT2D eigenvalue weighted by Crippen LogP contribution is -2.58. The number of carbonyl (C=O) groups is 2. The smallest absolute Gasteiger partial charge is 0.258 e. The fourth-order valence-electron chi connectivity index (χ4n) is 4.39. The maximum Gasteiger partial charge on any atom is 0.258 e. The largest absolute Gasteiger partial charge is 0.495 e. The molecule has 0 unspecified atom stereocenters. The number of carbonyl (C=O) groups excluding carboxylic acids is 2. The molecular formula is C23H28ClN5O6S. The topological polar surface area (TPSA) is 144 Å². The normalized spacial score (nSPS) is 17.6. The third-order valence-corrected chi connectivity index (χ3v) is 8.06. The van der Waals surface area contributed by atoms with Crippen LogP contribution in [-0.2, 0) is 26.7 Å². The minimum atomic E-state index is -4.48. The van der Waals surface area contributed by atoms with Crippen molar-refractivity contribution >= 4 is 33.4 Å². The molecule has 1 saturated carbocycles. The van der Waals surface area contributed by atoms with Gasteiger partial charge in [-0.1, -0.05) is 23.7 Å². The molecule has 1 aliphatic carbocycles. The number of aromatic nitrogens is 1. The molecule has 2 aromatic rings. The summed E-state index contributed by atoms with van der Waals surface area (Å²) >= 11 is 6.11. The zero-order valence-corrected chi connectivity index (χ0v) is 21.5. The molecule has 1 aromatic carbocycles. The quantitative estimate of drug-likeness (QED) is 0.456. The number of pyridine rings is 1. The molecule has 0 radical (unpaired) electrons. The molecule has 3 N–H and O–H groups in total. The van der Waals surface area contributed by atoms with Crippen LogP contribution < -0.4 is 20.8 Å². The van der Waals surface area contributed by atoms with Crippen LogP contribution in [0.5, 0.6) is 5.75 Å². The van der Waals surface area contributed by atoms with Crippen LogP contribution in [0.2, 0.25) is 5.02 Å². The SMILES string of the molecule is COc1c(-c2cc(Cl)cn(C)c2=O)cccc1S(=O)(=O)N[C@@H](C(N)=O)C(=O)N1CCN(C2CC2)CC1. The molecule has 2 amide bonds. The Labute approximate surface area is 213 Å². The number of piperazine rings is 1. The first kappa shape index (κ1) is 26.1. The van der Waals surface area contributed by atoms with Crippen LogP contribution in [0, 0.1) is 0 Å². The van der Waals surface area contributed by atoms with Gasteiger partial charge in [0.2, 0.25) is 15.9 Å². The van der Waals surface area contributed by atoms with Gasteiger partial charge in [0.05, 0.1) is 17.7 Å². The summed E-state index contributed by atoms with van der Waals surface area (Å²) in [6.07, 6.45) is 3.70. The van der Waals surface area contributed by atoms with E-state index in [-0.39, 0.29) is 26.8 Å². The van der Waals surface area contributed by atoms with E-state index in [1.54, 1.807) is 0 Å². The van der Waals surface area contributed by atoms with Crippen molar-refractivity contribution in [2.45, 2.75) is 29.8 Å². The highest BCUT2D eigenvalue weighted by atomic mass is 35.5. The van der Waals surface area contributed by atoms with Gasteiger partial charge in [-0.3, -0.25) is 19.3 Å². The van der Waals surface area contributed by atoms with E-state index in [2.05, 4.69) is 9.62 Å². The number of para-hydroxylation sites is 1. The monoisotopic (exact) mass is 537 g/mol. The van der Waals surface area contributed by atoms with Crippen molar-refractivity contribution in [1.82, 2.24) is 19.1 Å². The van der Waals surface area contributed by atoms with E-state index >= 15 is 0 Å². The molecule has 0 spiro atoms. The summed E-state index contributed by atoms with van der Waals surface area (Å²) in [6.45, 7) is 2.05. The minimum absolute atomic E-state index is 0.120. The first-order valence-electron chi connectivity index (χ1n) is 11.4. The molecule has 2 heterocycles. The number of methoxy groups -OCH3 is 1. The van der Waals surface area contributed by atoms with Gasteiger partial charge in [-0.2, -0.15) is 4.72 Å². The Hall–Kier alpha value is -2.93. The average Bonchev–Trinajstić information content (AvgIpc) is 3.69. The van der Waals surface area contributed by atoms with Gasteiger partial charge in [0.25, 0.3) is 11.5 Å². The Morgan fingerprint density at radius 2 is 1.83 bits per heavy atom. The molecule has 0 bridgehead atoms. The first-order valence-corrected chi connectivity index (χ1v) is 13.3. The van der Waals surface area contributed by atoms with Crippen molar-refractivity contribution in [2.75, 3.05) is 33.3 Å². The van der Waals surface area contributed by atoms with E-state index < -0.39 is 33.4 Å². The predicted molar refractivity (Wildman–Crippen MR) is 133 cm³/mol. The molecule has 1 saturated heterocycles. The van der Waals surface area contributed by atoms with Crippen LogP contribution in [0.25, 0.3) is 11.1 Å². The maximum atomic E-state index is 13.4. The molecule has 2 fully saturated rings. The second kappa shape index (κ2) is 10.2. The summed E-state index contributed by atoms with van der Waals surface area (Å²) in [5.74, 6) is -1.97. The lowest BCUT2D eigenvalue weighted by molar-refractivity contribution is -0.139. The van der Waals surface area contributed by atoms with Crippen LogP contribution in [0.1, 0.15) is 12.8 Å². The van der Waals surface area contributed by atoms with Gasteiger partial charge >= 0.3 is 0 Å². The van der Waals surface area contributed by atoms with Crippen molar-refractivity contribution in [3.05, 3.63) is 45.8 Å². The molecule has 1 aromatic heterocycles. The first-order chi connectivity index (χ1) is 17.0. The van der Waals surface area contributed by atoms with Crippen LogP contribution in [0.15, 0.2) is 40.2 Å². The minimum Gasteiger partial charge on any atom is -0.495 e. The number of sulfonamides is 1. The molecule has 194 valence electrons. The summed E-state index contributed by atoms with van der Waals surface area (Å²) in [4.78, 5) is 41.4. The molecule has 1 atom stereocenters. The van der Waals surface area contributed by atoms with Gasteiger partial charge in [0.1, 0.15) is 10.6 Å². The lowest BCUT2D eigenvalue weighted by atomic mass is 10.1. The molecule has 11 nitrogen and oxygen atoms in total. The number of benzene rings is 1. The number of aryl methyl sites for hydroxylation is 1. The van der Waals surface area contributed by atoms with Crippen molar-refractivity contribution in [1.29, 1.82) is 0 Å². The molecule has 36 heavy (non-hydrogen) atoms. The Balaban J connectivity index is 1.63. The highest BCUT2D eigenvalue weighted by Crippen LogP contribution is 2.35. The van der Waals surface area contributed by atoms with Crippen molar-refractivity contribution in [3.8, 4) is 16.9 Å². The second-order valence-electron chi connectivity index (χ2n) is 8.87. The van der Waals surface area contributed by atoms with E-state index in [1.165, 1.54) is 54.1 Å². The van der Waals surface area contributed by atoms with Crippen LogP contribution in [0.4, 0.5) is 0 Å². The zero-order valence-electron chi connectivity index (χ0n) is 19.9. The maximum absolute atomic E-state index is 13.4. The second-order valence-corrected chi connectivity index (χ2v) is 11.0. The summed E-state index contributed by atoms with van der Waals surface area (Å²) in [6, 6.07) is 4.34. The fourth-order valence-corrected chi connectivity index (χ4v) is 6.00. The summed E-state index contributed by atoms with van der Waals surface area (Å²) in [5.41, 5.74) is 5.33. The van der Waals surface area contributed by atoms with E-state index in [4.69, 9.17) is 22.1 Å². The molecule has 4 rings (SSSR count). The average molecular weight is 538 g/mol.